The van der Waals surface area contributed by atoms with E-state index >= 15 is 0 Å². The molecular formula is C9H11BrFN3. The van der Waals surface area contributed by atoms with Crippen molar-refractivity contribution in [3.8, 4) is 0 Å². The van der Waals surface area contributed by atoms with Gasteiger partial charge < -0.3 is 4.90 Å². The average Bonchev–Trinajstić information content (AvgIpc) is 2.23. The van der Waals surface area contributed by atoms with Crippen molar-refractivity contribution in [3.63, 3.8) is 0 Å². The maximum absolute atomic E-state index is 12.9. The first-order chi connectivity index (χ1) is 6.77. The number of hydrogen-bond donors (Lipinski definition) is 0. The van der Waals surface area contributed by atoms with Gasteiger partial charge in [-0.3, -0.25) is 0 Å². The zero-order valence-electron chi connectivity index (χ0n) is 7.71. The van der Waals surface area contributed by atoms with Gasteiger partial charge in [0.2, 0.25) is 5.95 Å². The number of nitrogens with zero attached hydrogens (tertiary/aromatic N) is 3. The van der Waals surface area contributed by atoms with E-state index in [1.54, 1.807) is 0 Å². The van der Waals surface area contributed by atoms with Crippen LogP contribution in [0.2, 0.25) is 0 Å². The van der Waals surface area contributed by atoms with Gasteiger partial charge in [-0.1, -0.05) is 0 Å². The summed E-state index contributed by atoms with van der Waals surface area (Å²) < 4.78 is 13.1. The van der Waals surface area contributed by atoms with Gasteiger partial charge in [0.1, 0.15) is 4.60 Å². The van der Waals surface area contributed by atoms with Crippen LogP contribution in [0, 0.1) is 5.82 Å². The molecule has 0 unspecified atom stereocenters. The Labute approximate surface area is 90.5 Å². The minimum atomic E-state index is -0.411. The zero-order chi connectivity index (χ0) is 9.97. The van der Waals surface area contributed by atoms with Crippen molar-refractivity contribution >= 4 is 21.9 Å². The molecule has 0 radical (unpaired) electrons. The number of halogens is 2. The third-order valence-corrected chi connectivity index (χ3v) is 2.88. The van der Waals surface area contributed by atoms with Crippen molar-refractivity contribution in [2.24, 2.45) is 0 Å². The zero-order valence-corrected chi connectivity index (χ0v) is 9.30. The molecule has 1 saturated heterocycles. The van der Waals surface area contributed by atoms with E-state index in [1.165, 1.54) is 25.5 Å². The average molecular weight is 260 g/mol. The molecule has 2 heterocycles. The number of piperidine rings is 1. The summed E-state index contributed by atoms with van der Waals surface area (Å²) >= 11 is 3.06. The summed E-state index contributed by atoms with van der Waals surface area (Å²) in [6.45, 7) is 1.94. The van der Waals surface area contributed by atoms with Crippen LogP contribution in [0.4, 0.5) is 10.3 Å². The van der Waals surface area contributed by atoms with Crippen molar-refractivity contribution in [1.29, 1.82) is 0 Å². The molecule has 1 aliphatic heterocycles. The highest BCUT2D eigenvalue weighted by molar-refractivity contribution is 9.10. The van der Waals surface area contributed by atoms with Crippen LogP contribution in [-0.4, -0.2) is 23.1 Å². The molecule has 14 heavy (non-hydrogen) atoms. The molecule has 5 heteroatoms. The molecule has 0 bridgehead atoms. The summed E-state index contributed by atoms with van der Waals surface area (Å²) in [6, 6.07) is 0. The fourth-order valence-corrected chi connectivity index (χ4v) is 1.84. The molecule has 2 rings (SSSR count). The van der Waals surface area contributed by atoms with Crippen LogP contribution in [0.15, 0.2) is 10.8 Å². The Bertz CT molecular complexity index is 326. The van der Waals surface area contributed by atoms with Crippen LogP contribution >= 0.6 is 15.9 Å². The quantitative estimate of drug-likeness (QED) is 0.726. The Hall–Kier alpha value is -0.710. The third-order valence-electron chi connectivity index (χ3n) is 2.33. The molecule has 1 fully saturated rings. The fraction of sp³-hybridized carbons (Fsp3) is 0.556. The number of rotatable bonds is 1. The van der Waals surface area contributed by atoms with Crippen molar-refractivity contribution in [3.05, 3.63) is 16.6 Å². The molecule has 0 aromatic carbocycles. The van der Waals surface area contributed by atoms with Gasteiger partial charge >= 0.3 is 0 Å². The molecule has 0 atom stereocenters. The molecule has 1 aromatic heterocycles. The SMILES string of the molecule is Fc1cnc(N2CCCCC2)nc1Br. The van der Waals surface area contributed by atoms with Gasteiger partial charge in [-0.2, -0.15) is 0 Å². The van der Waals surface area contributed by atoms with Gasteiger partial charge in [0, 0.05) is 13.1 Å². The lowest BCUT2D eigenvalue weighted by atomic mass is 10.1. The van der Waals surface area contributed by atoms with E-state index in [9.17, 15) is 4.39 Å². The highest BCUT2D eigenvalue weighted by atomic mass is 79.9. The molecule has 1 aliphatic rings. The van der Waals surface area contributed by atoms with Gasteiger partial charge in [-0.15, -0.1) is 0 Å². The van der Waals surface area contributed by atoms with Gasteiger partial charge in [0.15, 0.2) is 5.82 Å². The minimum Gasteiger partial charge on any atom is -0.341 e. The van der Waals surface area contributed by atoms with E-state index in [-0.39, 0.29) is 4.60 Å². The number of hydrogen-bond acceptors (Lipinski definition) is 3. The first kappa shape index (κ1) is 9.83. The second kappa shape index (κ2) is 4.21. The van der Waals surface area contributed by atoms with Crippen molar-refractivity contribution in [2.45, 2.75) is 19.3 Å². The molecule has 3 nitrogen and oxygen atoms in total. The normalized spacial score (nSPS) is 17.1. The van der Waals surface area contributed by atoms with Crippen LogP contribution in [-0.2, 0) is 0 Å². The standard InChI is InChI=1S/C9H11BrFN3/c10-8-7(11)6-12-9(13-8)14-4-2-1-3-5-14/h6H,1-5H2. The van der Waals surface area contributed by atoms with E-state index in [0.29, 0.717) is 5.95 Å². The van der Waals surface area contributed by atoms with E-state index in [2.05, 4.69) is 30.8 Å². The van der Waals surface area contributed by atoms with Gasteiger partial charge in [-0.25, -0.2) is 14.4 Å². The molecule has 0 spiro atoms. The Balaban J connectivity index is 2.18. The molecule has 1 aromatic rings. The van der Waals surface area contributed by atoms with Crippen LogP contribution < -0.4 is 4.90 Å². The molecule has 76 valence electrons. The van der Waals surface area contributed by atoms with Crippen LogP contribution in [0.3, 0.4) is 0 Å². The van der Waals surface area contributed by atoms with E-state index in [4.69, 9.17) is 0 Å². The lowest BCUT2D eigenvalue weighted by molar-refractivity contribution is 0.560. The van der Waals surface area contributed by atoms with Crippen LogP contribution in [0.5, 0.6) is 0 Å². The maximum Gasteiger partial charge on any atom is 0.226 e. The summed E-state index contributed by atoms with van der Waals surface area (Å²) in [7, 11) is 0. The summed E-state index contributed by atoms with van der Waals surface area (Å²) in [5.41, 5.74) is 0. The van der Waals surface area contributed by atoms with Gasteiger partial charge in [-0.05, 0) is 35.2 Å². The van der Waals surface area contributed by atoms with Crippen LogP contribution in [0.25, 0.3) is 0 Å². The first-order valence-corrected chi connectivity index (χ1v) is 5.49. The molecule has 0 N–H and O–H groups in total. The Morgan fingerprint density at radius 2 is 2.00 bits per heavy atom. The van der Waals surface area contributed by atoms with E-state index < -0.39 is 5.82 Å². The third kappa shape index (κ3) is 2.03. The molecule has 0 amide bonds. The lowest BCUT2D eigenvalue weighted by Gasteiger charge is -2.26. The number of anilines is 1. The molecule has 0 aliphatic carbocycles. The van der Waals surface area contributed by atoms with Crippen LogP contribution in [0.1, 0.15) is 19.3 Å². The van der Waals surface area contributed by atoms with Gasteiger partial charge in [0.05, 0.1) is 6.20 Å². The summed E-state index contributed by atoms with van der Waals surface area (Å²) in [6.07, 6.45) is 4.80. The topological polar surface area (TPSA) is 29.0 Å². The summed E-state index contributed by atoms with van der Waals surface area (Å²) in [4.78, 5) is 10.1. The summed E-state index contributed by atoms with van der Waals surface area (Å²) in [5, 5.41) is 0. The number of aromatic nitrogens is 2. The Morgan fingerprint density at radius 3 is 2.64 bits per heavy atom. The highest BCUT2D eigenvalue weighted by Crippen LogP contribution is 2.18. The molecule has 0 saturated carbocycles. The van der Waals surface area contributed by atoms with E-state index in [1.807, 2.05) is 0 Å². The first-order valence-electron chi connectivity index (χ1n) is 4.70. The summed E-state index contributed by atoms with van der Waals surface area (Å²) in [5.74, 6) is 0.212. The smallest absolute Gasteiger partial charge is 0.226 e. The Morgan fingerprint density at radius 1 is 1.29 bits per heavy atom. The van der Waals surface area contributed by atoms with Gasteiger partial charge in [0.25, 0.3) is 0 Å². The minimum absolute atomic E-state index is 0.244. The van der Waals surface area contributed by atoms with Crippen molar-refractivity contribution < 1.29 is 4.39 Å². The molecular weight excluding hydrogens is 249 g/mol. The second-order valence-corrected chi connectivity index (χ2v) is 4.11. The largest absolute Gasteiger partial charge is 0.341 e. The predicted octanol–water partition coefficient (Wildman–Crippen LogP) is 2.37. The van der Waals surface area contributed by atoms with Crippen molar-refractivity contribution in [1.82, 2.24) is 9.97 Å². The second-order valence-electron chi connectivity index (χ2n) is 3.36. The predicted molar refractivity (Wildman–Crippen MR) is 55.8 cm³/mol. The Kier molecular flexibility index (Phi) is 2.96. The highest BCUT2D eigenvalue weighted by Gasteiger charge is 2.14. The van der Waals surface area contributed by atoms with Crippen molar-refractivity contribution in [2.75, 3.05) is 18.0 Å². The monoisotopic (exact) mass is 259 g/mol. The fourth-order valence-electron chi connectivity index (χ4n) is 1.58. The maximum atomic E-state index is 12.9. The lowest BCUT2D eigenvalue weighted by Crippen LogP contribution is -2.31. The van der Waals surface area contributed by atoms with E-state index in [0.717, 1.165) is 13.1 Å².